The highest BCUT2D eigenvalue weighted by atomic mass is 16.4. The average molecular weight is 234 g/mol. The lowest BCUT2D eigenvalue weighted by atomic mass is 9.89. The van der Waals surface area contributed by atoms with Crippen molar-refractivity contribution in [1.82, 2.24) is 0 Å². The molecule has 90 valence electrons. The number of carboxylic acids is 1. The highest BCUT2D eigenvalue weighted by Crippen LogP contribution is 2.35. The van der Waals surface area contributed by atoms with Crippen LogP contribution < -0.4 is 0 Å². The van der Waals surface area contributed by atoms with E-state index < -0.39 is 11.4 Å². The minimum Gasteiger partial charge on any atom is -0.508 e. The van der Waals surface area contributed by atoms with E-state index in [1.165, 1.54) is 12.1 Å². The molecule has 0 aliphatic rings. The molecule has 2 aromatic rings. The second-order valence-corrected chi connectivity index (χ2v) is 5.04. The van der Waals surface area contributed by atoms with E-state index in [1.807, 2.05) is 20.8 Å². The molecule has 0 amide bonds. The third-order valence-electron chi connectivity index (χ3n) is 2.57. The zero-order valence-corrected chi connectivity index (χ0v) is 9.94. The van der Waals surface area contributed by atoms with E-state index in [0.29, 0.717) is 16.7 Å². The van der Waals surface area contributed by atoms with Gasteiger partial charge in [0.1, 0.15) is 22.7 Å². The second-order valence-electron chi connectivity index (χ2n) is 5.04. The summed E-state index contributed by atoms with van der Waals surface area (Å²) in [4.78, 5) is 11.3. The number of rotatable bonds is 1. The first-order valence-electron chi connectivity index (χ1n) is 5.30. The van der Waals surface area contributed by atoms with Crippen LogP contribution in [0, 0.1) is 0 Å². The fourth-order valence-corrected chi connectivity index (χ4v) is 1.83. The quantitative estimate of drug-likeness (QED) is 0.795. The van der Waals surface area contributed by atoms with Crippen molar-refractivity contribution in [3.8, 4) is 5.75 Å². The molecule has 0 aliphatic carbocycles. The van der Waals surface area contributed by atoms with Crippen LogP contribution in [0.15, 0.2) is 22.6 Å². The van der Waals surface area contributed by atoms with Gasteiger partial charge < -0.3 is 14.6 Å². The van der Waals surface area contributed by atoms with E-state index in [0.717, 1.165) is 0 Å². The van der Waals surface area contributed by atoms with Crippen LogP contribution in [0.2, 0.25) is 0 Å². The average Bonchev–Trinajstić information content (AvgIpc) is 2.55. The maximum Gasteiger partial charge on any atom is 0.339 e. The fraction of sp³-hybridized carbons (Fsp3) is 0.308. The van der Waals surface area contributed by atoms with Crippen molar-refractivity contribution in [1.29, 1.82) is 0 Å². The minimum atomic E-state index is -1.04. The number of benzene rings is 1. The molecule has 1 aromatic heterocycles. The number of aromatic carboxylic acids is 1. The smallest absolute Gasteiger partial charge is 0.339 e. The predicted molar refractivity (Wildman–Crippen MR) is 63.5 cm³/mol. The van der Waals surface area contributed by atoms with Crippen LogP contribution in [0.5, 0.6) is 5.75 Å². The standard InChI is InChI=1S/C13H14O4/c1-13(2,3)11-10(12(15)16)8-6-7(14)4-5-9(8)17-11/h4-6,14H,1-3H3,(H,15,16). The topological polar surface area (TPSA) is 70.7 Å². The molecule has 17 heavy (non-hydrogen) atoms. The Morgan fingerprint density at radius 1 is 1.29 bits per heavy atom. The molecule has 0 atom stereocenters. The van der Waals surface area contributed by atoms with Crippen LogP contribution in [-0.4, -0.2) is 16.2 Å². The molecule has 1 aromatic carbocycles. The number of phenols is 1. The Balaban J connectivity index is 2.86. The van der Waals surface area contributed by atoms with Crippen LogP contribution in [0.25, 0.3) is 11.0 Å². The molecular formula is C13H14O4. The van der Waals surface area contributed by atoms with Gasteiger partial charge in [0.2, 0.25) is 0 Å². The lowest BCUT2D eigenvalue weighted by Gasteiger charge is -2.15. The lowest BCUT2D eigenvalue weighted by Crippen LogP contribution is -2.14. The molecule has 0 bridgehead atoms. The monoisotopic (exact) mass is 234 g/mol. The molecular weight excluding hydrogens is 220 g/mol. The van der Waals surface area contributed by atoms with Crippen molar-refractivity contribution in [2.45, 2.75) is 26.2 Å². The molecule has 2 rings (SSSR count). The highest BCUT2D eigenvalue weighted by molar-refractivity contribution is 6.04. The largest absolute Gasteiger partial charge is 0.508 e. The Morgan fingerprint density at radius 2 is 1.94 bits per heavy atom. The summed E-state index contributed by atoms with van der Waals surface area (Å²) in [5, 5.41) is 19.1. The van der Waals surface area contributed by atoms with Crippen molar-refractivity contribution in [3.63, 3.8) is 0 Å². The highest BCUT2D eigenvalue weighted by Gasteiger charge is 2.29. The maximum absolute atomic E-state index is 11.3. The summed E-state index contributed by atoms with van der Waals surface area (Å²) in [5.41, 5.74) is 0.205. The molecule has 4 nitrogen and oxygen atoms in total. The van der Waals surface area contributed by atoms with Crippen LogP contribution in [0.4, 0.5) is 0 Å². The van der Waals surface area contributed by atoms with Crippen molar-refractivity contribution in [2.75, 3.05) is 0 Å². The molecule has 0 radical (unpaired) electrons. The Labute approximate surface area is 98.5 Å². The number of aromatic hydroxyl groups is 1. The first-order chi connectivity index (χ1) is 7.80. The van der Waals surface area contributed by atoms with E-state index in [2.05, 4.69) is 0 Å². The zero-order chi connectivity index (χ0) is 12.8. The van der Waals surface area contributed by atoms with Gasteiger partial charge in [0.25, 0.3) is 0 Å². The molecule has 1 heterocycles. The molecule has 4 heteroatoms. The number of carbonyl (C=O) groups is 1. The SMILES string of the molecule is CC(C)(C)c1oc2ccc(O)cc2c1C(=O)O. The van der Waals surface area contributed by atoms with Gasteiger partial charge in [0.15, 0.2) is 0 Å². The lowest BCUT2D eigenvalue weighted by molar-refractivity contribution is 0.0694. The van der Waals surface area contributed by atoms with Gasteiger partial charge >= 0.3 is 5.97 Å². The summed E-state index contributed by atoms with van der Waals surface area (Å²) in [7, 11) is 0. The first kappa shape index (κ1) is 11.5. The van der Waals surface area contributed by atoms with E-state index in [1.54, 1.807) is 6.07 Å². The van der Waals surface area contributed by atoms with Gasteiger partial charge in [0, 0.05) is 10.8 Å². The van der Waals surface area contributed by atoms with Crippen molar-refractivity contribution in [2.24, 2.45) is 0 Å². The van der Waals surface area contributed by atoms with Crippen molar-refractivity contribution >= 4 is 16.9 Å². The molecule has 0 saturated heterocycles. The zero-order valence-electron chi connectivity index (χ0n) is 9.94. The summed E-state index contributed by atoms with van der Waals surface area (Å²) < 4.78 is 5.59. The number of carboxylic acid groups (broad SMARTS) is 1. The number of furan rings is 1. The van der Waals surface area contributed by atoms with Gasteiger partial charge in [-0.05, 0) is 18.2 Å². The van der Waals surface area contributed by atoms with Gasteiger partial charge in [-0.3, -0.25) is 0 Å². The molecule has 2 N–H and O–H groups in total. The number of hydrogen-bond donors (Lipinski definition) is 2. The van der Waals surface area contributed by atoms with E-state index in [9.17, 15) is 15.0 Å². The Hall–Kier alpha value is -1.97. The molecule has 0 saturated carbocycles. The summed E-state index contributed by atoms with van der Waals surface area (Å²) in [6.07, 6.45) is 0. The van der Waals surface area contributed by atoms with Crippen LogP contribution in [0.1, 0.15) is 36.9 Å². The van der Waals surface area contributed by atoms with E-state index >= 15 is 0 Å². The summed E-state index contributed by atoms with van der Waals surface area (Å²) in [6, 6.07) is 4.47. The molecule has 0 aliphatic heterocycles. The van der Waals surface area contributed by atoms with Crippen molar-refractivity contribution in [3.05, 3.63) is 29.5 Å². The van der Waals surface area contributed by atoms with E-state index in [-0.39, 0.29) is 11.3 Å². The van der Waals surface area contributed by atoms with E-state index in [4.69, 9.17) is 4.42 Å². The first-order valence-corrected chi connectivity index (χ1v) is 5.30. The molecule has 0 spiro atoms. The fourth-order valence-electron chi connectivity index (χ4n) is 1.83. The van der Waals surface area contributed by atoms with Gasteiger partial charge in [-0.2, -0.15) is 0 Å². The van der Waals surface area contributed by atoms with Crippen molar-refractivity contribution < 1.29 is 19.4 Å². The maximum atomic E-state index is 11.3. The second kappa shape index (κ2) is 3.52. The summed E-state index contributed by atoms with van der Waals surface area (Å²) >= 11 is 0. The predicted octanol–water partition coefficient (Wildman–Crippen LogP) is 3.13. The third-order valence-corrected chi connectivity index (χ3v) is 2.57. The third kappa shape index (κ3) is 1.86. The van der Waals surface area contributed by atoms with Gasteiger partial charge in [-0.15, -0.1) is 0 Å². The number of hydrogen-bond acceptors (Lipinski definition) is 3. The normalized spacial score (nSPS) is 11.9. The van der Waals surface area contributed by atoms with Crippen LogP contribution in [-0.2, 0) is 5.41 Å². The van der Waals surface area contributed by atoms with Gasteiger partial charge in [-0.25, -0.2) is 4.79 Å². The Morgan fingerprint density at radius 3 is 2.47 bits per heavy atom. The summed E-state index contributed by atoms with van der Waals surface area (Å²) in [5.74, 6) is -0.592. The summed E-state index contributed by atoms with van der Waals surface area (Å²) in [6.45, 7) is 5.66. The van der Waals surface area contributed by atoms with Crippen LogP contribution in [0.3, 0.4) is 0 Å². The van der Waals surface area contributed by atoms with Gasteiger partial charge in [0.05, 0.1) is 0 Å². The van der Waals surface area contributed by atoms with Crippen LogP contribution >= 0.6 is 0 Å². The molecule has 0 unspecified atom stereocenters. The van der Waals surface area contributed by atoms with Gasteiger partial charge in [-0.1, -0.05) is 20.8 Å². The molecule has 0 fully saturated rings. The Kier molecular flexibility index (Phi) is 2.38. The number of fused-ring (bicyclic) bond motifs is 1. The minimum absolute atomic E-state index is 0.0289. The Bertz CT molecular complexity index is 587. The number of phenolic OH excluding ortho intramolecular Hbond substituents is 1.